The molecule has 9 heteroatoms. The van der Waals surface area contributed by atoms with Crippen LogP contribution in [0.1, 0.15) is 43.1 Å². The molecule has 1 aliphatic carbocycles. The van der Waals surface area contributed by atoms with Crippen molar-refractivity contribution in [2.45, 2.75) is 37.5 Å². The van der Waals surface area contributed by atoms with E-state index in [2.05, 4.69) is 26.1 Å². The van der Waals surface area contributed by atoms with E-state index in [1.807, 2.05) is 17.0 Å². The van der Waals surface area contributed by atoms with Crippen LogP contribution in [-0.2, 0) is 20.2 Å². The zero-order chi connectivity index (χ0) is 26.4. The zero-order valence-corrected chi connectivity index (χ0v) is 22.6. The predicted octanol–water partition coefficient (Wildman–Crippen LogP) is 3.65. The minimum atomic E-state index is -3.53. The first kappa shape index (κ1) is 26.1. The number of morpholine rings is 1. The molecule has 0 spiro atoms. The van der Waals surface area contributed by atoms with Crippen LogP contribution in [0.3, 0.4) is 0 Å². The summed E-state index contributed by atoms with van der Waals surface area (Å²) in [5, 5.41) is 2.92. The number of piperidine rings is 1. The number of benzene rings is 2. The van der Waals surface area contributed by atoms with Crippen LogP contribution < -0.4 is 10.2 Å². The summed E-state index contributed by atoms with van der Waals surface area (Å²) >= 11 is 0. The second-order valence-corrected chi connectivity index (χ2v) is 13.0. The maximum Gasteiger partial charge on any atom is 0.251 e. The Morgan fingerprint density at radius 2 is 1.73 bits per heavy atom. The standard InChI is InChI=1S/C28H36FN3O4S/c1-4-28(2,3)20-6-8-21(9-7-20)37(34,35)32-17-23-22(24(23)18-32)16-30-27(33)19-5-10-26(25(29)15-19)31-11-13-36-14-12-31/h5-10,15,22-24H,4,11-14,16-18H2,1-3H3,(H,30,33). The van der Waals surface area contributed by atoms with E-state index in [1.165, 1.54) is 6.07 Å². The van der Waals surface area contributed by atoms with E-state index in [-0.39, 0.29) is 29.1 Å². The van der Waals surface area contributed by atoms with Gasteiger partial charge in [0, 0.05) is 38.3 Å². The number of nitrogens with zero attached hydrogens (tertiary/aromatic N) is 2. The van der Waals surface area contributed by atoms with Crippen molar-refractivity contribution in [2.75, 3.05) is 50.8 Å². The van der Waals surface area contributed by atoms with E-state index in [9.17, 15) is 17.6 Å². The Balaban J connectivity index is 1.13. The van der Waals surface area contributed by atoms with Crippen molar-refractivity contribution in [3.63, 3.8) is 0 Å². The monoisotopic (exact) mass is 529 g/mol. The SMILES string of the molecule is CCC(C)(C)c1ccc(S(=O)(=O)N2CC3C(CNC(=O)c4ccc(N5CCOCC5)c(F)c4)C3C2)cc1. The number of halogens is 1. The Morgan fingerprint density at radius 1 is 1.08 bits per heavy atom. The number of sulfonamides is 1. The van der Waals surface area contributed by atoms with Crippen LogP contribution >= 0.6 is 0 Å². The van der Waals surface area contributed by atoms with Gasteiger partial charge >= 0.3 is 0 Å². The second-order valence-electron chi connectivity index (χ2n) is 11.1. The molecule has 200 valence electrons. The normalized spacial score (nSPS) is 24.1. The van der Waals surface area contributed by atoms with Gasteiger partial charge in [-0.15, -0.1) is 0 Å². The number of ether oxygens (including phenoxy) is 1. The van der Waals surface area contributed by atoms with E-state index in [0.717, 1.165) is 12.0 Å². The molecule has 5 rings (SSSR count). The molecule has 2 atom stereocenters. The fourth-order valence-electron chi connectivity index (χ4n) is 5.56. The lowest BCUT2D eigenvalue weighted by molar-refractivity contribution is 0.0949. The molecule has 2 heterocycles. The molecule has 2 aromatic carbocycles. The molecule has 0 aromatic heterocycles. The van der Waals surface area contributed by atoms with Crippen molar-refractivity contribution in [1.29, 1.82) is 0 Å². The third-order valence-electron chi connectivity index (χ3n) is 8.56. The molecule has 2 aliphatic heterocycles. The van der Waals surface area contributed by atoms with Crippen molar-refractivity contribution in [3.8, 4) is 0 Å². The Hall–Kier alpha value is -2.49. The van der Waals surface area contributed by atoms with Crippen LogP contribution in [0, 0.1) is 23.6 Å². The number of amides is 1. The lowest BCUT2D eigenvalue weighted by Gasteiger charge is -2.29. The fraction of sp³-hybridized carbons (Fsp3) is 0.536. The number of rotatable bonds is 8. The molecule has 3 aliphatic rings. The largest absolute Gasteiger partial charge is 0.378 e. The Morgan fingerprint density at radius 3 is 2.32 bits per heavy atom. The quantitative estimate of drug-likeness (QED) is 0.565. The topological polar surface area (TPSA) is 79.0 Å². The van der Waals surface area contributed by atoms with Gasteiger partial charge in [-0.3, -0.25) is 4.79 Å². The Kier molecular flexibility index (Phi) is 7.06. The highest BCUT2D eigenvalue weighted by Gasteiger charge is 2.57. The minimum absolute atomic E-state index is 0.00572. The molecule has 0 radical (unpaired) electrons. The molecular weight excluding hydrogens is 493 g/mol. The summed E-state index contributed by atoms with van der Waals surface area (Å²) in [6.07, 6.45) is 0.973. The number of carbonyl (C=O) groups is 1. The number of hydrogen-bond donors (Lipinski definition) is 1. The van der Waals surface area contributed by atoms with Crippen LogP contribution in [0.5, 0.6) is 0 Å². The summed E-state index contributed by atoms with van der Waals surface area (Å²) in [5.74, 6) is 0.0187. The maximum atomic E-state index is 14.7. The molecule has 1 saturated carbocycles. The highest BCUT2D eigenvalue weighted by atomic mass is 32.2. The van der Waals surface area contributed by atoms with Crippen molar-refractivity contribution in [1.82, 2.24) is 9.62 Å². The first-order valence-electron chi connectivity index (χ1n) is 13.1. The maximum absolute atomic E-state index is 14.7. The average Bonchev–Trinajstić information content (AvgIpc) is 3.34. The fourth-order valence-corrected chi connectivity index (χ4v) is 7.08. The first-order chi connectivity index (χ1) is 17.6. The highest BCUT2D eigenvalue weighted by molar-refractivity contribution is 7.89. The lowest BCUT2D eigenvalue weighted by Crippen LogP contribution is -2.37. The molecule has 3 fully saturated rings. The van der Waals surface area contributed by atoms with Gasteiger partial charge in [0.1, 0.15) is 5.82 Å². The van der Waals surface area contributed by atoms with E-state index in [1.54, 1.807) is 28.6 Å². The third-order valence-corrected chi connectivity index (χ3v) is 10.4. The van der Waals surface area contributed by atoms with Gasteiger partial charge in [0.05, 0.1) is 23.8 Å². The minimum Gasteiger partial charge on any atom is -0.378 e. The van der Waals surface area contributed by atoms with Crippen LogP contribution in [0.4, 0.5) is 10.1 Å². The van der Waals surface area contributed by atoms with E-state index >= 15 is 0 Å². The van der Waals surface area contributed by atoms with Gasteiger partial charge in [0.25, 0.3) is 5.91 Å². The molecule has 37 heavy (non-hydrogen) atoms. The van der Waals surface area contributed by atoms with Crippen molar-refractivity contribution < 1.29 is 22.3 Å². The van der Waals surface area contributed by atoms with E-state index in [0.29, 0.717) is 62.1 Å². The predicted molar refractivity (Wildman–Crippen MR) is 141 cm³/mol. The van der Waals surface area contributed by atoms with Crippen LogP contribution in [0.2, 0.25) is 0 Å². The summed E-state index contributed by atoms with van der Waals surface area (Å²) in [6, 6.07) is 11.9. The molecule has 2 saturated heterocycles. The molecule has 1 amide bonds. The van der Waals surface area contributed by atoms with Gasteiger partial charge in [0.15, 0.2) is 0 Å². The van der Waals surface area contributed by atoms with Crippen LogP contribution in [0.25, 0.3) is 0 Å². The molecular formula is C28H36FN3O4S. The van der Waals surface area contributed by atoms with Crippen LogP contribution in [0.15, 0.2) is 47.4 Å². The highest BCUT2D eigenvalue weighted by Crippen LogP contribution is 2.52. The second kappa shape index (κ2) is 10.0. The van der Waals surface area contributed by atoms with E-state index in [4.69, 9.17) is 4.74 Å². The van der Waals surface area contributed by atoms with Gasteiger partial charge in [-0.2, -0.15) is 4.31 Å². The summed E-state index contributed by atoms with van der Waals surface area (Å²) in [4.78, 5) is 14.9. The third kappa shape index (κ3) is 5.13. The summed E-state index contributed by atoms with van der Waals surface area (Å²) in [5.41, 5.74) is 1.91. The summed E-state index contributed by atoms with van der Waals surface area (Å²) < 4.78 is 47.9. The van der Waals surface area contributed by atoms with E-state index < -0.39 is 15.8 Å². The number of anilines is 1. The number of carbonyl (C=O) groups excluding carboxylic acids is 1. The molecule has 2 aromatic rings. The zero-order valence-electron chi connectivity index (χ0n) is 21.7. The Labute approximate surface area is 219 Å². The number of fused-ring (bicyclic) bond motifs is 1. The summed E-state index contributed by atoms with van der Waals surface area (Å²) in [6.45, 7) is 10.2. The molecule has 1 N–H and O–H groups in total. The first-order valence-corrected chi connectivity index (χ1v) is 14.6. The molecule has 2 unspecified atom stereocenters. The van der Waals surface area contributed by atoms with Gasteiger partial charge in [-0.05, 0) is 65.5 Å². The van der Waals surface area contributed by atoms with Gasteiger partial charge in [0.2, 0.25) is 10.0 Å². The van der Waals surface area contributed by atoms with Crippen molar-refractivity contribution in [3.05, 3.63) is 59.4 Å². The van der Waals surface area contributed by atoms with Gasteiger partial charge in [-0.1, -0.05) is 32.9 Å². The Bertz CT molecular complexity index is 1250. The van der Waals surface area contributed by atoms with Crippen molar-refractivity contribution >= 4 is 21.6 Å². The number of hydrogen-bond acceptors (Lipinski definition) is 5. The van der Waals surface area contributed by atoms with Crippen LogP contribution in [-0.4, -0.2) is 64.6 Å². The van der Waals surface area contributed by atoms with Gasteiger partial charge < -0.3 is 15.0 Å². The van der Waals surface area contributed by atoms with Gasteiger partial charge in [-0.25, -0.2) is 12.8 Å². The van der Waals surface area contributed by atoms with Crippen molar-refractivity contribution in [2.24, 2.45) is 17.8 Å². The summed E-state index contributed by atoms with van der Waals surface area (Å²) in [7, 11) is -3.53. The molecule has 0 bridgehead atoms. The molecule has 7 nitrogen and oxygen atoms in total. The number of nitrogens with one attached hydrogen (secondary N) is 1. The smallest absolute Gasteiger partial charge is 0.251 e. The average molecular weight is 530 g/mol. The lowest BCUT2D eigenvalue weighted by atomic mass is 9.82.